The molecular weight excluding hydrogens is 299 g/mol. The number of halogens is 2. The van der Waals surface area contributed by atoms with E-state index < -0.39 is 0 Å². The van der Waals surface area contributed by atoms with Crippen LogP contribution in [-0.2, 0) is 0 Å². The summed E-state index contributed by atoms with van der Waals surface area (Å²) < 4.78 is 14.4. The Morgan fingerprint density at radius 1 is 1.50 bits per heavy atom. The topological polar surface area (TPSA) is 31.4 Å². The molecule has 100 valence electrons. The highest BCUT2D eigenvalue weighted by Crippen LogP contribution is 2.18. The fourth-order valence-electron chi connectivity index (χ4n) is 2.02. The van der Waals surface area contributed by atoms with E-state index >= 15 is 0 Å². The van der Waals surface area contributed by atoms with Gasteiger partial charge in [-0.25, -0.2) is 9.37 Å². The van der Waals surface area contributed by atoms with Crippen LogP contribution in [0.3, 0.4) is 0 Å². The number of aromatic nitrogens is 1. The molecule has 1 aromatic rings. The van der Waals surface area contributed by atoms with Crippen LogP contribution in [0.5, 0.6) is 0 Å². The molecule has 0 aromatic carbocycles. The van der Waals surface area contributed by atoms with Gasteiger partial charge in [0.2, 0.25) is 0 Å². The molecule has 0 radical (unpaired) electrons. The van der Waals surface area contributed by atoms with Gasteiger partial charge in [-0.1, -0.05) is 0 Å². The van der Waals surface area contributed by atoms with Crippen LogP contribution in [0.25, 0.3) is 0 Å². The standard InChI is InChI=1S/C12H18BrFN4/c1-17(6-7-18-4-2-15-3-5-18)12-11(14)8-10(13)9-16-12/h8-9,15H,2-7H2,1H3. The number of pyridine rings is 1. The monoisotopic (exact) mass is 316 g/mol. The van der Waals surface area contributed by atoms with E-state index in [0.29, 0.717) is 10.3 Å². The molecule has 6 heteroatoms. The number of nitrogens with zero attached hydrogens (tertiary/aromatic N) is 3. The summed E-state index contributed by atoms with van der Waals surface area (Å²) >= 11 is 3.21. The van der Waals surface area contributed by atoms with Crippen molar-refractivity contribution in [2.75, 3.05) is 51.2 Å². The highest BCUT2D eigenvalue weighted by Gasteiger charge is 2.13. The average molecular weight is 317 g/mol. The second-order valence-corrected chi connectivity index (χ2v) is 5.39. The molecule has 1 aliphatic heterocycles. The molecule has 0 spiro atoms. The van der Waals surface area contributed by atoms with E-state index in [2.05, 4.69) is 31.1 Å². The van der Waals surface area contributed by atoms with E-state index in [0.717, 1.165) is 39.3 Å². The SMILES string of the molecule is CN(CCN1CCNCC1)c1ncc(Br)cc1F. The molecule has 4 nitrogen and oxygen atoms in total. The largest absolute Gasteiger partial charge is 0.356 e. The van der Waals surface area contributed by atoms with Gasteiger partial charge in [0.05, 0.1) is 0 Å². The second-order valence-electron chi connectivity index (χ2n) is 4.47. The van der Waals surface area contributed by atoms with Crippen LogP contribution in [0.4, 0.5) is 10.2 Å². The fraction of sp³-hybridized carbons (Fsp3) is 0.583. The van der Waals surface area contributed by atoms with E-state index in [-0.39, 0.29) is 5.82 Å². The third-order valence-electron chi connectivity index (χ3n) is 3.11. The average Bonchev–Trinajstić information content (AvgIpc) is 2.37. The second kappa shape index (κ2) is 6.45. The zero-order chi connectivity index (χ0) is 13.0. The summed E-state index contributed by atoms with van der Waals surface area (Å²) in [5.41, 5.74) is 0. The van der Waals surface area contributed by atoms with Crippen molar-refractivity contribution >= 4 is 21.7 Å². The molecule has 2 heterocycles. The number of hydrogen-bond acceptors (Lipinski definition) is 4. The van der Waals surface area contributed by atoms with Crippen LogP contribution in [-0.4, -0.2) is 56.2 Å². The molecule has 1 N–H and O–H groups in total. The van der Waals surface area contributed by atoms with Crippen molar-refractivity contribution in [3.8, 4) is 0 Å². The van der Waals surface area contributed by atoms with E-state index in [1.807, 2.05) is 11.9 Å². The Kier molecular flexibility index (Phi) is 4.91. The van der Waals surface area contributed by atoms with Crippen molar-refractivity contribution in [3.63, 3.8) is 0 Å². The van der Waals surface area contributed by atoms with Crippen molar-refractivity contribution in [2.24, 2.45) is 0 Å². The Morgan fingerprint density at radius 2 is 2.22 bits per heavy atom. The molecule has 0 atom stereocenters. The zero-order valence-corrected chi connectivity index (χ0v) is 12.1. The number of nitrogens with one attached hydrogen (secondary N) is 1. The van der Waals surface area contributed by atoms with Gasteiger partial charge in [-0.3, -0.25) is 4.90 Å². The lowest BCUT2D eigenvalue weighted by Crippen LogP contribution is -2.46. The molecule has 0 aliphatic carbocycles. The van der Waals surface area contributed by atoms with Crippen LogP contribution in [0.2, 0.25) is 0 Å². The summed E-state index contributed by atoms with van der Waals surface area (Å²) in [6.45, 7) is 5.91. The van der Waals surface area contributed by atoms with Gasteiger partial charge < -0.3 is 10.2 Å². The maximum Gasteiger partial charge on any atom is 0.166 e. The minimum Gasteiger partial charge on any atom is -0.356 e. The summed E-state index contributed by atoms with van der Waals surface area (Å²) in [6.07, 6.45) is 1.62. The van der Waals surface area contributed by atoms with Crippen LogP contribution in [0.1, 0.15) is 0 Å². The fourth-order valence-corrected chi connectivity index (χ4v) is 2.32. The summed E-state index contributed by atoms with van der Waals surface area (Å²) in [5, 5.41) is 3.32. The maximum absolute atomic E-state index is 13.7. The minimum atomic E-state index is -0.285. The van der Waals surface area contributed by atoms with Crippen molar-refractivity contribution in [1.82, 2.24) is 15.2 Å². The Balaban J connectivity index is 1.88. The van der Waals surface area contributed by atoms with E-state index in [1.54, 1.807) is 6.20 Å². The predicted molar refractivity (Wildman–Crippen MR) is 74.5 cm³/mol. The lowest BCUT2D eigenvalue weighted by Gasteiger charge is -2.29. The normalized spacial score (nSPS) is 16.8. The Morgan fingerprint density at radius 3 is 2.89 bits per heavy atom. The van der Waals surface area contributed by atoms with Gasteiger partial charge in [0.1, 0.15) is 0 Å². The van der Waals surface area contributed by atoms with Crippen LogP contribution in [0, 0.1) is 5.82 Å². The van der Waals surface area contributed by atoms with Gasteiger partial charge in [-0.15, -0.1) is 0 Å². The van der Waals surface area contributed by atoms with E-state index in [9.17, 15) is 4.39 Å². The number of rotatable bonds is 4. The van der Waals surface area contributed by atoms with Gasteiger partial charge >= 0.3 is 0 Å². The Bertz CT molecular complexity index is 396. The van der Waals surface area contributed by atoms with Crippen molar-refractivity contribution in [1.29, 1.82) is 0 Å². The van der Waals surface area contributed by atoms with E-state index in [1.165, 1.54) is 6.07 Å². The smallest absolute Gasteiger partial charge is 0.166 e. The first-order valence-corrected chi connectivity index (χ1v) is 6.91. The van der Waals surface area contributed by atoms with Crippen LogP contribution in [0.15, 0.2) is 16.7 Å². The third kappa shape index (κ3) is 3.63. The van der Waals surface area contributed by atoms with Gasteiger partial charge in [0.15, 0.2) is 11.6 Å². The third-order valence-corrected chi connectivity index (χ3v) is 3.54. The molecule has 1 saturated heterocycles. The Labute approximate surface area is 115 Å². The van der Waals surface area contributed by atoms with Crippen molar-refractivity contribution in [3.05, 3.63) is 22.6 Å². The van der Waals surface area contributed by atoms with Gasteiger partial charge in [0, 0.05) is 57.0 Å². The highest BCUT2D eigenvalue weighted by atomic mass is 79.9. The molecule has 0 amide bonds. The summed E-state index contributed by atoms with van der Waals surface area (Å²) in [7, 11) is 1.88. The quantitative estimate of drug-likeness (QED) is 0.908. The Hall–Kier alpha value is -0.720. The molecule has 2 rings (SSSR count). The first-order valence-electron chi connectivity index (χ1n) is 6.12. The molecule has 0 bridgehead atoms. The van der Waals surface area contributed by atoms with Gasteiger partial charge in [0.25, 0.3) is 0 Å². The van der Waals surface area contributed by atoms with Crippen molar-refractivity contribution in [2.45, 2.75) is 0 Å². The predicted octanol–water partition coefficient (Wildman–Crippen LogP) is 1.32. The zero-order valence-electron chi connectivity index (χ0n) is 10.5. The van der Waals surface area contributed by atoms with Gasteiger partial charge in [-0.05, 0) is 22.0 Å². The lowest BCUT2D eigenvalue weighted by atomic mass is 10.3. The van der Waals surface area contributed by atoms with Crippen LogP contribution < -0.4 is 10.2 Å². The maximum atomic E-state index is 13.7. The minimum absolute atomic E-state index is 0.285. The van der Waals surface area contributed by atoms with Gasteiger partial charge in [-0.2, -0.15) is 0 Å². The number of piperazine rings is 1. The molecule has 1 aliphatic rings. The summed E-state index contributed by atoms with van der Waals surface area (Å²) in [4.78, 5) is 8.36. The highest BCUT2D eigenvalue weighted by molar-refractivity contribution is 9.10. The van der Waals surface area contributed by atoms with E-state index in [4.69, 9.17) is 0 Å². The summed E-state index contributed by atoms with van der Waals surface area (Å²) in [5.74, 6) is 0.125. The van der Waals surface area contributed by atoms with Crippen LogP contribution >= 0.6 is 15.9 Å². The molecule has 0 saturated carbocycles. The molecule has 1 fully saturated rings. The number of likely N-dealkylation sites (N-methyl/N-ethyl adjacent to an activating group) is 1. The molecule has 0 unspecified atom stereocenters. The lowest BCUT2D eigenvalue weighted by molar-refractivity contribution is 0.246. The number of anilines is 1. The molecule has 18 heavy (non-hydrogen) atoms. The summed E-state index contributed by atoms with van der Waals surface area (Å²) in [6, 6.07) is 1.45. The number of hydrogen-bond donors (Lipinski definition) is 1. The molecular formula is C12H18BrFN4. The van der Waals surface area contributed by atoms with Crippen molar-refractivity contribution < 1.29 is 4.39 Å². The molecule has 1 aromatic heterocycles. The first kappa shape index (κ1) is 13.7. The first-order chi connectivity index (χ1) is 8.66.